The maximum atomic E-state index is 13.8. The van der Waals surface area contributed by atoms with Crippen LogP contribution in [-0.2, 0) is 0 Å². The number of rotatable bonds is 6. The van der Waals surface area contributed by atoms with Gasteiger partial charge in [0, 0.05) is 6.92 Å². The van der Waals surface area contributed by atoms with Crippen molar-refractivity contribution < 1.29 is 18.7 Å². The molecule has 1 aliphatic heterocycles. The van der Waals surface area contributed by atoms with Crippen LogP contribution in [0.4, 0.5) is 5.13 Å². The number of carbonyl (C=O) groups is 2. The van der Waals surface area contributed by atoms with E-state index in [2.05, 4.69) is 4.98 Å². The Hall–Kier alpha value is -3.78. The minimum atomic E-state index is -0.750. The molecule has 1 amide bonds. The van der Waals surface area contributed by atoms with Crippen molar-refractivity contribution in [2.75, 3.05) is 11.5 Å². The first-order valence-electron chi connectivity index (χ1n) is 11.8. The summed E-state index contributed by atoms with van der Waals surface area (Å²) in [5.41, 5.74) is 3.60. The van der Waals surface area contributed by atoms with Gasteiger partial charge in [0.2, 0.25) is 5.76 Å². The number of fused-ring (bicyclic) bond motifs is 2. The van der Waals surface area contributed by atoms with Gasteiger partial charge >= 0.3 is 0 Å². The lowest BCUT2D eigenvalue weighted by Crippen LogP contribution is -2.29. The molecule has 1 aliphatic rings. The highest BCUT2D eigenvalue weighted by molar-refractivity contribution is 7.17. The lowest BCUT2D eigenvalue weighted by atomic mass is 9.97. The molecule has 0 fully saturated rings. The molecule has 0 radical (unpaired) electrons. The van der Waals surface area contributed by atoms with Crippen LogP contribution in [0, 0.1) is 20.8 Å². The molecule has 7 nitrogen and oxygen atoms in total. The van der Waals surface area contributed by atoms with Crippen molar-refractivity contribution in [2.24, 2.45) is 0 Å². The number of benzene rings is 2. The number of aromatic nitrogens is 1. The van der Waals surface area contributed by atoms with E-state index >= 15 is 0 Å². The van der Waals surface area contributed by atoms with Crippen molar-refractivity contribution in [1.82, 2.24) is 4.98 Å². The fourth-order valence-electron chi connectivity index (χ4n) is 4.52. The fraction of sp³-hybridized carbons (Fsp3) is 0.286. The van der Waals surface area contributed by atoms with Crippen molar-refractivity contribution in [3.63, 3.8) is 0 Å². The molecule has 5 rings (SSSR count). The van der Waals surface area contributed by atoms with Gasteiger partial charge in [-0.15, -0.1) is 0 Å². The van der Waals surface area contributed by atoms with Gasteiger partial charge in [-0.2, -0.15) is 0 Å². The number of ketones is 1. The van der Waals surface area contributed by atoms with Crippen LogP contribution in [0.5, 0.6) is 5.75 Å². The lowest BCUT2D eigenvalue weighted by Gasteiger charge is -2.22. The normalized spacial score (nSPS) is 15.0. The first-order valence-corrected chi connectivity index (χ1v) is 12.7. The molecule has 0 saturated heterocycles. The van der Waals surface area contributed by atoms with Crippen LogP contribution in [0.25, 0.3) is 11.0 Å². The number of nitrogens with zero attached hydrogens (tertiary/aromatic N) is 2. The summed E-state index contributed by atoms with van der Waals surface area (Å²) in [5.74, 6) is 0.129. The average Bonchev–Trinajstić information content (AvgIpc) is 3.37. The highest BCUT2D eigenvalue weighted by atomic mass is 32.1. The van der Waals surface area contributed by atoms with Crippen molar-refractivity contribution >= 4 is 39.1 Å². The zero-order valence-corrected chi connectivity index (χ0v) is 21.6. The van der Waals surface area contributed by atoms with Crippen LogP contribution in [-0.4, -0.2) is 23.3 Å². The molecule has 4 aromatic rings. The number of carbonyl (C=O) groups excluding carboxylic acids is 2. The Labute approximate surface area is 212 Å². The third-order valence-corrected chi connectivity index (χ3v) is 7.72. The summed E-state index contributed by atoms with van der Waals surface area (Å²) in [6.07, 6.45) is 0.884. The number of aryl methyl sites for hydroxylation is 3. The number of thiazole rings is 1. The Kier molecular flexibility index (Phi) is 6.00. The predicted molar refractivity (Wildman–Crippen MR) is 140 cm³/mol. The Morgan fingerprint density at radius 2 is 1.81 bits per heavy atom. The average molecular weight is 503 g/mol. The van der Waals surface area contributed by atoms with E-state index in [1.165, 1.54) is 11.8 Å². The molecule has 36 heavy (non-hydrogen) atoms. The molecule has 1 unspecified atom stereocenters. The summed E-state index contributed by atoms with van der Waals surface area (Å²) in [7, 11) is 0. The van der Waals surface area contributed by atoms with E-state index in [-0.39, 0.29) is 22.5 Å². The van der Waals surface area contributed by atoms with Crippen molar-refractivity contribution in [3.8, 4) is 5.75 Å². The second-order valence-corrected chi connectivity index (χ2v) is 10.0. The maximum Gasteiger partial charge on any atom is 0.297 e. The Morgan fingerprint density at radius 3 is 2.44 bits per heavy atom. The van der Waals surface area contributed by atoms with Gasteiger partial charge in [-0.25, -0.2) is 4.98 Å². The van der Waals surface area contributed by atoms with Crippen molar-refractivity contribution in [1.29, 1.82) is 0 Å². The molecule has 3 heterocycles. The van der Waals surface area contributed by atoms with E-state index in [1.54, 1.807) is 13.0 Å². The highest BCUT2D eigenvalue weighted by Gasteiger charge is 2.45. The van der Waals surface area contributed by atoms with Crippen LogP contribution in [0.3, 0.4) is 0 Å². The smallest absolute Gasteiger partial charge is 0.297 e. The van der Waals surface area contributed by atoms with E-state index in [9.17, 15) is 14.4 Å². The standard InChI is InChI=1S/C28H26N2O5S/c1-6-11-34-19-9-7-18(8-10-19)23-22-24(32)20-12-14(2)15(3)13-21(20)35-25(22)27(33)30(23)28-29-16(4)26(36-28)17(5)31/h7-10,12-13,23H,6,11H2,1-5H3. The van der Waals surface area contributed by atoms with Crippen LogP contribution < -0.4 is 15.1 Å². The second-order valence-electron chi connectivity index (χ2n) is 9.07. The van der Waals surface area contributed by atoms with Gasteiger partial charge in [-0.3, -0.25) is 19.3 Å². The van der Waals surface area contributed by atoms with Crippen LogP contribution in [0.1, 0.15) is 74.5 Å². The highest BCUT2D eigenvalue weighted by Crippen LogP contribution is 2.43. The topological polar surface area (TPSA) is 89.7 Å². The fourth-order valence-corrected chi connectivity index (χ4v) is 5.51. The maximum absolute atomic E-state index is 13.8. The van der Waals surface area contributed by atoms with E-state index in [0.29, 0.717) is 39.0 Å². The molecule has 1 atom stereocenters. The first-order chi connectivity index (χ1) is 17.2. The van der Waals surface area contributed by atoms with Gasteiger partial charge in [0.15, 0.2) is 16.3 Å². The van der Waals surface area contributed by atoms with Crippen molar-refractivity contribution in [2.45, 2.75) is 47.1 Å². The monoisotopic (exact) mass is 502 g/mol. The zero-order chi connectivity index (χ0) is 25.7. The summed E-state index contributed by atoms with van der Waals surface area (Å²) >= 11 is 1.14. The first kappa shape index (κ1) is 23.9. The Morgan fingerprint density at radius 1 is 1.11 bits per heavy atom. The van der Waals surface area contributed by atoms with Gasteiger partial charge in [-0.05, 0) is 68.1 Å². The van der Waals surface area contributed by atoms with Crippen LogP contribution in [0.2, 0.25) is 0 Å². The molecular formula is C28H26N2O5S. The van der Waals surface area contributed by atoms with Gasteiger partial charge in [0.05, 0.1) is 34.2 Å². The molecule has 0 N–H and O–H groups in total. The summed E-state index contributed by atoms with van der Waals surface area (Å²) < 4.78 is 11.8. The summed E-state index contributed by atoms with van der Waals surface area (Å²) in [4.78, 5) is 46.2. The minimum absolute atomic E-state index is 0.00397. The molecule has 2 aromatic heterocycles. The quantitative estimate of drug-likeness (QED) is 0.304. The third kappa shape index (κ3) is 3.82. The number of ether oxygens (including phenoxy) is 1. The Balaban J connectivity index is 1.74. The molecule has 8 heteroatoms. The van der Waals surface area contributed by atoms with E-state index in [4.69, 9.17) is 9.15 Å². The predicted octanol–water partition coefficient (Wildman–Crippen LogP) is 5.92. The van der Waals surface area contributed by atoms with Crippen LogP contribution >= 0.6 is 11.3 Å². The molecule has 0 bridgehead atoms. The largest absolute Gasteiger partial charge is 0.494 e. The number of anilines is 1. The molecule has 0 aliphatic carbocycles. The molecule has 0 saturated carbocycles. The molecule has 184 valence electrons. The summed E-state index contributed by atoms with van der Waals surface area (Å²) in [6, 6.07) is 10.2. The minimum Gasteiger partial charge on any atom is -0.494 e. The number of amides is 1. The SMILES string of the molecule is CCCOc1ccc(C2c3c(oc4cc(C)c(C)cc4c3=O)C(=O)N2c2nc(C)c(C(C)=O)s2)cc1. The van der Waals surface area contributed by atoms with Gasteiger partial charge in [0.1, 0.15) is 11.3 Å². The lowest BCUT2D eigenvalue weighted by molar-refractivity contribution is 0.0969. The summed E-state index contributed by atoms with van der Waals surface area (Å²) in [6.45, 7) is 9.71. The third-order valence-electron chi connectivity index (χ3n) is 6.47. The number of Topliss-reactive ketones (excluding diaryl/α,β-unsaturated/α-hetero) is 1. The zero-order valence-electron chi connectivity index (χ0n) is 20.8. The number of hydrogen-bond donors (Lipinski definition) is 0. The van der Waals surface area contributed by atoms with E-state index in [0.717, 1.165) is 34.4 Å². The van der Waals surface area contributed by atoms with Gasteiger partial charge in [0.25, 0.3) is 5.91 Å². The molecule has 2 aromatic carbocycles. The Bertz CT molecular complexity index is 1580. The van der Waals surface area contributed by atoms with Gasteiger partial charge in [-0.1, -0.05) is 30.4 Å². The van der Waals surface area contributed by atoms with E-state index in [1.807, 2.05) is 51.1 Å². The van der Waals surface area contributed by atoms with Crippen molar-refractivity contribution in [3.05, 3.63) is 85.2 Å². The van der Waals surface area contributed by atoms with Gasteiger partial charge < -0.3 is 9.15 Å². The van der Waals surface area contributed by atoms with Crippen LogP contribution in [0.15, 0.2) is 45.6 Å². The number of hydrogen-bond acceptors (Lipinski definition) is 7. The van der Waals surface area contributed by atoms with E-state index < -0.39 is 11.9 Å². The molecule has 0 spiro atoms. The second kappa shape index (κ2) is 9.02. The molecular weight excluding hydrogens is 476 g/mol. The summed E-state index contributed by atoms with van der Waals surface area (Å²) in [5, 5.41) is 0.778.